The average molecular weight is 269 g/mol. The molecular weight excluding hydrogens is 246 g/mol. The molecule has 3 heteroatoms. The van der Waals surface area contributed by atoms with E-state index in [2.05, 4.69) is 60.0 Å². The number of imidazole rings is 1. The zero-order chi connectivity index (χ0) is 13.9. The van der Waals surface area contributed by atoms with Gasteiger partial charge in [0.1, 0.15) is 5.82 Å². The van der Waals surface area contributed by atoms with Crippen LogP contribution in [-0.4, -0.2) is 27.5 Å². The van der Waals surface area contributed by atoms with E-state index in [9.17, 15) is 0 Å². The number of likely N-dealkylation sites (tertiary alicyclic amines) is 1. The Morgan fingerprint density at radius 2 is 2.05 bits per heavy atom. The van der Waals surface area contributed by atoms with Crippen molar-refractivity contribution in [1.29, 1.82) is 0 Å². The molecule has 1 saturated heterocycles. The minimum absolute atomic E-state index is 0.498. The van der Waals surface area contributed by atoms with E-state index in [1.54, 1.807) is 0 Å². The molecule has 0 radical (unpaired) electrons. The first-order chi connectivity index (χ1) is 9.74. The van der Waals surface area contributed by atoms with Crippen LogP contribution in [0.3, 0.4) is 0 Å². The van der Waals surface area contributed by atoms with Crippen LogP contribution in [0.25, 0.3) is 0 Å². The summed E-state index contributed by atoms with van der Waals surface area (Å²) in [4.78, 5) is 7.31. The number of nitrogens with zero attached hydrogens (tertiary/aromatic N) is 3. The Hall–Kier alpha value is -1.61. The second-order valence-corrected chi connectivity index (χ2v) is 5.78. The minimum atomic E-state index is 0.498. The molecule has 106 valence electrons. The van der Waals surface area contributed by atoms with Crippen LogP contribution < -0.4 is 0 Å². The van der Waals surface area contributed by atoms with Gasteiger partial charge in [0.05, 0.1) is 11.7 Å². The molecule has 2 aromatic rings. The first-order valence-corrected chi connectivity index (χ1v) is 7.52. The molecule has 1 aromatic heterocycles. The second kappa shape index (κ2) is 5.80. The maximum absolute atomic E-state index is 4.72. The van der Waals surface area contributed by atoms with Crippen LogP contribution in [0.2, 0.25) is 0 Å². The van der Waals surface area contributed by atoms with Gasteiger partial charge >= 0.3 is 0 Å². The number of aryl methyl sites for hydroxylation is 2. The highest BCUT2D eigenvalue weighted by atomic mass is 15.2. The molecule has 0 spiro atoms. The molecule has 1 unspecified atom stereocenters. The van der Waals surface area contributed by atoms with Crippen LogP contribution >= 0.6 is 0 Å². The molecule has 3 rings (SSSR count). The summed E-state index contributed by atoms with van der Waals surface area (Å²) >= 11 is 0. The Morgan fingerprint density at radius 3 is 2.75 bits per heavy atom. The molecule has 0 bridgehead atoms. The highest BCUT2D eigenvalue weighted by Crippen LogP contribution is 2.31. The van der Waals surface area contributed by atoms with E-state index in [1.165, 1.54) is 30.8 Å². The molecule has 1 aliphatic heterocycles. The molecule has 0 amide bonds. The van der Waals surface area contributed by atoms with Gasteiger partial charge in [-0.2, -0.15) is 0 Å². The molecule has 3 nitrogen and oxygen atoms in total. The summed E-state index contributed by atoms with van der Waals surface area (Å²) in [5, 5.41) is 0. The van der Waals surface area contributed by atoms with Gasteiger partial charge in [-0.25, -0.2) is 4.98 Å². The lowest BCUT2D eigenvalue weighted by Crippen LogP contribution is -2.27. The van der Waals surface area contributed by atoms with Crippen molar-refractivity contribution in [3.8, 4) is 0 Å². The van der Waals surface area contributed by atoms with E-state index in [0.29, 0.717) is 6.04 Å². The Kier molecular flexibility index (Phi) is 3.88. The summed E-state index contributed by atoms with van der Waals surface area (Å²) in [5.41, 5.74) is 2.55. The predicted molar refractivity (Wildman–Crippen MR) is 81.6 cm³/mol. The van der Waals surface area contributed by atoms with Crippen molar-refractivity contribution in [2.75, 3.05) is 13.1 Å². The van der Waals surface area contributed by atoms with Gasteiger partial charge in [-0.15, -0.1) is 0 Å². The molecule has 2 heterocycles. The van der Waals surface area contributed by atoms with Crippen LogP contribution in [0.1, 0.15) is 36.0 Å². The van der Waals surface area contributed by atoms with E-state index >= 15 is 0 Å². The van der Waals surface area contributed by atoms with Crippen molar-refractivity contribution in [2.45, 2.75) is 32.2 Å². The van der Waals surface area contributed by atoms with Gasteiger partial charge in [-0.3, -0.25) is 4.90 Å². The maximum atomic E-state index is 4.72. The van der Waals surface area contributed by atoms with Crippen molar-refractivity contribution in [2.24, 2.45) is 7.05 Å². The van der Waals surface area contributed by atoms with E-state index in [-0.39, 0.29) is 0 Å². The summed E-state index contributed by atoms with van der Waals surface area (Å²) in [6.45, 7) is 4.40. The summed E-state index contributed by atoms with van der Waals surface area (Å²) in [6.07, 6.45) is 5.77. The number of hydrogen-bond donors (Lipinski definition) is 0. The number of aromatic nitrogens is 2. The van der Waals surface area contributed by atoms with Gasteiger partial charge in [0.25, 0.3) is 0 Å². The first kappa shape index (κ1) is 13.4. The lowest BCUT2D eigenvalue weighted by molar-refractivity contribution is 0.248. The Morgan fingerprint density at radius 1 is 1.25 bits per heavy atom. The number of rotatable bonds is 4. The molecule has 20 heavy (non-hydrogen) atoms. The molecule has 1 aliphatic rings. The van der Waals surface area contributed by atoms with Crippen molar-refractivity contribution < 1.29 is 0 Å². The summed E-state index contributed by atoms with van der Waals surface area (Å²) in [5.74, 6) is 1.23. The lowest BCUT2D eigenvalue weighted by atomic mass is 10.1. The summed E-state index contributed by atoms with van der Waals surface area (Å²) < 4.78 is 2.20. The van der Waals surface area contributed by atoms with Crippen LogP contribution in [-0.2, 0) is 13.5 Å². The molecule has 0 aliphatic carbocycles. The minimum Gasteiger partial charge on any atom is -0.336 e. The summed E-state index contributed by atoms with van der Waals surface area (Å²) in [6, 6.07) is 11.3. The van der Waals surface area contributed by atoms with Crippen LogP contribution in [0, 0.1) is 6.92 Å². The third kappa shape index (κ3) is 2.78. The number of benzene rings is 1. The van der Waals surface area contributed by atoms with E-state index < -0.39 is 0 Å². The van der Waals surface area contributed by atoms with Gasteiger partial charge in [0.2, 0.25) is 0 Å². The molecule has 1 atom stereocenters. The van der Waals surface area contributed by atoms with Gasteiger partial charge in [-0.1, -0.05) is 30.3 Å². The van der Waals surface area contributed by atoms with Crippen molar-refractivity contribution in [3.63, 3.8) is 0 Å². The maximum Gasteiger partial charge on any atom is 0.126 e. The lowest BCUT2D eigenvalue weighted by Gasteiger charge is -2.24. The quantitative estimate of drug-likeness (QED) is 0.850. The second-order valence-electron chi connectivity index (χ2n) is 5.78. The largest absolute Gasteiger partial charge is 0.336 e. The fourth-order valence-corrected chi connectivity index (χ4v) is 3.25. The van der Waals surface area contributed by atoms with E-state index in [0.717, 1.165) is 18.7 Å². The van der Waals surface area contributed by atoms with Crippen LogP contribution in [0.4, 0.5) is 0 Å². The third-order valence-corrected chi connectivity index (χ3v) is 4.22. The van der Waals surface area contributed by atoms with Crippen molar-refractivity contribution in [3.05, 3.63) is 53.6 Å². The zero-order valence-electron chi connectivity index (χ0n) is 12.4. The fraction of sp³-hybridized carbons (Fsp3) is 0.471. The van der Waals surface area contributed by atoms with Crippen LogP contribution in [0.5, 0.6) is 0 Å². The standard InChI is InChI=1S/C17H23N3/c1-14-13-19(2)17(18-14)16-9-6-11-20(16)12-10-15-7-4-3-5-8-15/h3-5,7-8,13,16H,6,9-12H2,1-2H3. The van der Waals surface area contributed by atoms with E-state index in [4.69, 9.17) is 4.98 Å². The van der Waals surface area contributed by atoms with Crippen LogP contribution in [0.15, 0.2) is 36.5 Å². The smallest absolute Gasteiger partial charge is 0.126 e. The molecule has 1 aromatic carbocycles. The number of hydrogen-bond acceptors (Lipinski definition) is 2. The average Bonchev–Trinajstić information content (AvgIpc) is 3.03. The Bertz CT molecular complexity index is 559. The zero-order valence-corrected chi connectivity index (χ0v) is 12.4. The highest BCUT2D eigenvalue weighted by molar-refractivity contribution is 5.15. The van der Waals surface area contributed by atoms with Gasteiger partial charge in [-0.05, 0) is 38.3 Å². The topological polar surface area (TPSA) is 21.1 Å². The van der Waals surface area contributed by atoms with Crippen molar-refractivity contribution in [1.82, 2.24) is 14.5 Å². The van der Waals surface area contributed by atoms with E-state index in [1.807, 2.05) is 0 Å². The molecule has 0 saturated carbocycles. The molecule has 1 fully saturated rings. The monoisotopic (exact) mass is 269 g/mol. The SMILES string of the molecule is Cc1cn(C)c(C2CCCN2CCc2ccccc2)n1. The molecule has 0 N–H and O–H groups in total. The normalized spacial score (nSPS) is 19.6. The van der Waals surface area contributed by atoms with Gasteiger partial charge in [0, 0.05) is 19.8 Å². The third-order valence-electron chi connectivity index (χ3n) is 4.22. The predicted octanol–water partition coefficient (Wildman–Crippen LogP) is 3.11. The Balaban J connectivity index is 1.68. The van der Waals surface area contributed by atoms with Gasteiger partial charge < -0.3 is 4.57 Å². The first-order valence-electron chi connectivity index (χ1n) is 7.52. The molecular formula is C17H23N3. The van der Waals surface area contributed by atoms with Gasteiger partial charge in [0.15, 0.2) is 0 Å². The Labute approximate surface area is 121 Å². The highest BCUT2D eigenvalue weighted by Gasteiger charge is 2.28. The van der Waals surface area contributed by atoms with Crippen molar-refractivity contribution >= 4 is 0 Å². The fourth-order valence-electron chi connectivity index (χ4n) is 3.25. The summed E-state index contributed by atoms with van der Waals surface area (Å²) in [7, 11) is 2.11.